The molecule has 4 rings (SSSR count). The van der Waals surface area contributed by atoms with Crippen molar-refractivity contribution >= 4 is 0 Å². The lowest BCUT2D eigenvalue weighted by Crippen LogP contribution is -2.35. The number of benzene rings is 1. The molecule has 2 atom stereocenters. The standard InChI is InChI=1S/C18H22FN3O3/c19-13-5-7-15(8-6-13)24-11-14(23)10-22-9-1-2-16(22)17-20-18(25-21-17)12-3-4-12/h5-8,12,14,16,23H,1-4,9-11H2/t14-,16+/m0/s1. The lowest BCUT2D eigenvalue weighted by Gasteiger charge is -2.24. The molecule has 0 amide bonds. The molecular weight excluding hydrogens is 325 g/mol. The first kappa shape index (κ1) is 16.5. The third-order valence-corrected chi connectivity index (χ3v) is 4.75. The fourth-order valence-corrected chi connectivity index (χ4v) is 3.26. The molecule has 0 bridgehead atoms. The number of rotatable bonds is 7. The van der Waals surface area contributed by atoms with Crippen LogP contribution in [0.25, 0.3) is 0 Å². The highest BCUT2D eigenvalue weighted by Crippen LogP contribution is 2.40. The van der Waals surface area contributed by atoms with E-state index in [-0.39, 0.29) is 18.5 Å². The summed E-state index contributed by atoms with van der Waals surface area (Å²) in [6, 6.07) is 5.88. The summed E-state index contributed by atoms with van der Waals surface area (Å²) in [5.74, 6) is 2.17. The summed E-state index contributed by atoms with van der Waals surface area (Å²) in [5, 5.41) is 14.4. The van der Waals surface area contributed by atoms with Crippen LogP contribution in [0.5, 0.6) is 5.75 Å². The van der Waals surface area contributed by atoms with Crippen molar-refractivity contribution < 1.29 is 18.8 Å². The minimum absolute atomic E-state index is 0.0942. The summed E-state index contributed by atoms with van der Waals surface area (Å²) in [5.41, 5.74) is 0. The van der Waals surface area contributed by atoms with Gasteiger partial charge < -0.3 is 14.4 Å². The van der Waals surface area contributed by atoms with E-state index in [2.05, 4.69) is 15.0 Å². The van der Waals surface area contributed by atoms with Crippen LogP contribution in [-0.2, 0) is 0 Å². The largest absolute Gasteiger partial charge is 0.491 e. The van der Waals surface area contributed by atoms with Gasteiger partial charge in [-0.1, -0.05) is 5.16 Å². The summed E-state index contributed by atoms with van der Waals surface area (Å²) < 4.78 is 23.8. The Morgan fingerprint density at radius 1 is 1.28 bits per heavy atom. The number of aromatic nitrogens is 2. The van der Waals surface area contributed by atoms with Gasteiger partial charge in [0.05, 0.1) is 6.04 Å². The van der Waals surface area contributed by atoms with Gasteiger partial charge in [-0.05, 0) is 56.5 Å². The SMILES string of the molecule is O[C@H](COc1ccc(F)cc1)CN1CCC[C@@H]1c1noc(C2CC2)n1. The Balaban J connectivity index is 1.31. The maximum atomic E-state index is 12.9. The van der Waals surface area contributed by atoms with Crippen molar-refractivity contribution in [1.29, 1.82) is 0 Å². The van der Waals surface area contributed by atoms with Gasteiger partial charge in [-0.2, -0.15) is 4.98 Å². The van der Waals surface area contributed by atoms with Crippen LogP contribution < -0.4 is 4.74 Å². The summed E-state index contributed by atoms with van der Waals surface area (Å²) in [7, 11) is 0. The van der Waals surface area contributed by atoms with Crippen LogP contribution >= 0.6 is 0 Å². The predicted octanol–water partition coefficient (Wildman–Crippen LogP) is 2.66. The maximum absolute atomic E-state index is 12.9. The zero-order valence-electron chi connectivity index (χ0n) is 14.0. The summed E-state index contributed by atoms with van der Waals surface area (Å²) in [4.78, 5) is 6.73. The Kier molecular flexibility index (Phi) is 4.67. The van der Waals surface area contributed by atoms with E-state index in [4.69, 9.17) is 9.26 Å². The number of aliphatic hydroxyl groups is 1. The number of β-amino-alcohol motifs (C(OH)–C–C–N with tert-alkyl or cyclic N) is 1. The average Bonchev–Trinajstić information content (AvgIpc) is 3.16. The predicted molar refractivity (Wildman–Crippen MR) is 87.7 cm³/mol. The lowest BCUT2D eigenvalue weighted by molar-refractivity contribution is 0.0623. The summed E-state index contributed by atoms with van der Waals surface area (Å²) >= 11 is 0. The van der Waals surface area contributed by atoms with Gasteiger partial charge in [-0.3, -0.25) is 4.90 Å². The molecule has 1 aromatic heterocycles. The maximum Gasteiger partial charge on any atom is 0.229 e. The molecule has 25 heavy (non-hydrogen) atoms. The number of hydrogen-bond donors (Lipinski definition) is 1. The summed E-state index contributed by atoms with van der Waals surface area (Å²) in [6.07, 6.45) is 3.64. The Morgan fingerprint density at radius 2 is 2.08 bits per heavy atom. The Labute approximate surface area is 145 Å². The van der Waals surface area contributed by atoms with Gasteiger partial charge in [0.2, 0.25) is 5.89 Å². The van der Waals surface area contributed by atoms with Crippen molar-refractivity contribution in [3.8, 4) is 5.75 Å². The van der Waals surface area contributed by atoms with Gasteiger partial charge in [-0.15, -0.1) is 0 Å². The second-order valence-electron chi connectivity index (χ2n) is 6.84. The van der Waals surface area contributed by atoms with E-state index in [0.717, 1.165) is 43.9 Å². The molecular formula is C18H22FN3O3. The highest BCUT2D eigenvalue weighted by Gasteiger charge is 2.34. The number of halogens is 1. The molecule has 1 aliphatic heterocycles. The van der Waals surface area contributed by atoms with Crippen LogP contribution in [0.1, 0.15) is 49.4 Å². The van der Waals surface area contributed by atoms with Gasteiger partial charge in [0.25, 0.3) is 0 Å². The molecule has 134 valence electrons. The Hall–Kier alpha value is -1.99. The Morgan fingerprint density at radius 3 is 2.84 bits per heavy atom. The molecule has 1 saturated carbocycles. The van der Waals surface area contributed by atoms with Crippen molar-refractivity contribution in [3.63, 3.8) is 0 Å². The average molecular weight is 347 g/mol. The number of hydrogen-bond acceptors (Lipinski definition) is 6. The van der Waals surface area contributed by atoms with Crippen LogP contribution in [0.4, 0.5) is 4.39 Å². The molecule has 1 saturated heterocycles. The van der Waals surface area contributed by atoms with Crippen LogP contribution in [0.3, 0.4) is 0 Å². The quantitative estimate of drug-likeness (QED) is 0.830. The molecule has 2 heterocycles. The zero-order valence-corrected chi connectivity index (χ0v) is 14.0. The second kappa shape index (κ2) is 7.09. The van der Waals surface area contributed by atoms with Gasteiger partial charge >= 0.3 is 0 Å². The van der Waals surface area contributed by atoms with E-state index in [1.165, 1.54) is 12.1 Å². The van der Waals surface area contributed by atoms with Gasteiger partial charge in [0.15, 0.2) is 5.82 Å². The van der Waals surface area contributed by atoms with Crippen molar-refractivity contribution in [2.75, 3.05) is 19.7 Å². The van der Waals surface area contributed by atoms with Crippen LogP contribution in [0.2, 0.25) is 0 Å². The molecule has 2 fully saturated rings. The second-order valence-corrected chi connectivity index (χ2v) is 6.84. The van der Waals surface area contributed by atoms with E-state index in [0.29, 0.717) is 18.2 Å². The first-order valence-electron chi connectivity index (χ1n) is 8.83. The van der Waals surface area contributed by atoms with Gasteiger partial charge in [-0.25, -0.2) is 4.39 Å². The van der Waals surface area contributed by atoms with Crippen molar-refractivity contribution in [1.82, 2.24) is 15.0 Å². The highest BCUT2D eigenvalue weighted by molar-refractivity contribution is 5.22. The number of ether oxygens (including phenoxy) is 1. The number of nitrogens with zero attached hydrogens (tertiary/aromatic N) is 3. The molecule has 6 nitrogen and oxygen atoms in total. The minimum Gasteiger partial charge on any atom is -0.491 e. The first-order valence-corrected chi connectivity index (χ1v) is 8.83. The molecule has 0 radical (unpaired) electrons. The number of aliphatic hydroxyl groups excluding tert-OH is 1. The topological polar surface area (TPSA) is 71.6 Å². The van der Waals surface area contributed by atoms with E-state index in [1.807, 2.05) is 0 Å². The minimum atomic E-state index is -0.638. The third kappa shape index (κ3) is 3.99. The molecule has 7 heteroatoms. The van der Waals surface area contributed by atoms with E-state index in [1.54, 1.807) is 12.1 Å². The van der Waals surface area contributed by atoms with Crippen molar-refractivity contribution in [2.45, 2.75) is 43.7 Å². The molecule has 1 aliphatic carbocycles. The number of likely N-dealkylation sites (tertiary alicyclic amines) is 1. The Bertz CT molecular complexity index is 702. The van der Waals surface area contributed by atoms with Crippen molar-refractivity contribution in [2.24, 2.45) is 0 Å². The zero-order chi connectivity index (χ0) is 17.2. The molecule has 0 spiro atoms. The molecule has 1 aromatic carbocycles. The normalized spacial score (nSPS) is 22.2. The van der Waals surface area contributed by atoms with E-state index >= 15 is 0 Å². The lowest BCUT2D eigenvalue weighted by atomic mass is 10.2. The van der Waals surface area contributed by atoms with Crippen molar-refractivity contribution in [3.05, 3.63) is 41.8 Å². The molecule has 2 aromatic rings. The van der Waals surface area contributed by atoms with Crippen LogP contribution in [0, 0.1) is 5.82 Å². The van der Waals surface area contributed by atoms with E-state index < -0.39 is 6.10 Å². The smallest absolute Gasteiger partial charge is 0.229 e. The highest BCUT2D eigenvalue weighted by atomic mass is 19.1. The third-order valence-electron chi connectivity index (χ3n) is 4.75. The summed E-state index contributed by atoms with van der Waals surface area (Å²) in [6.45, 7) is 1.54. The van der Waals surface area contributed by atoms with Crippen LogP contribution in [0.15, 0.2) is 28.8 Å². The van der Waals surface area contributed by atoms with Crippen LogP contribution in [-0.4, -0.2) is 45.9 Å². The fraction of sp³-hybridized carbons (Fsp3) is 0.556. The molecule has 0 unspecified atom stereocenters. The monoisotopic (exact) mass is 347 g/mol. The fourth-order valence-electron chi connectivity index (χ4n) is 3.26. The molecule has 2 aliphatic rings. The first-order chi connectivity index (χ1) is 12.2. The van der Waals surface area contributed by atoms with E-state index in [9.17, 15) is 9.50 Å². The van der Waals surface area contributed by atoms with Gasteiger partial charge in [0.1, 0.15) is 24.3 Å². The molecule has 1 N–H and O–H groups in total. The van der Waals surface area contributed by atoms with Gasteiger partial charge in [0, 0.05) is 12.5 Å².